The Hall–Kier alpha value is -2.70. The van der Waals surface area contributed by atoms with Crippen LogP contribution in [0.3, 0.4) is 0 Å². The molecule has 7 heteroatoms. The second-order valence-electron chi connectivity index (χ2n) is 6.77. The van der Waals surface area contributed by atoms with Crippen molar-refractivity contribution in [2.75, 3.05) is 0 Å². The number of carbonyl (C=O) groups excluding carboxylic acids is 1. The molecule has 0 bridgehead atoms. The summed E-state index contributed by atoms with van der Waals surface area (Å²) in [4.78, 5) is 17.4. The van der Waals surface area contributed by atoms with Crippen molar-refractivity contribution in [2.24, 2.45) is 7.05 Å². The van der Waals surface area contributed by atoms with Gasteiger partial charge in [0.25, 0.3) is 11.6 Å². The molecule has 0 atom stereocenters. The number of carbonyl (C=O) groups is 1. The van der Waals surface area contributed by atoms with Crippen LogP contribution in [-0.4, -0.2) is 25.8 Å². The van der Waals surface area contributed by atoms with Gasteiger partial charge in [0.2, 0.25) is 0 Å². The van der Waals surface area contributed by atoms with Crippen molar-refractivity contribution >= 4 is 17.0 Å². The molecule has 0 radical (unpaired) electrons. The van der Waals surface area contributed by atoms with Crippen LogP contribution < -0.4 is 5.32 Å². The Balaban J connectivity index is 1.66. The molecule has 1 aliphatic carbocycles. The van der Waals surface area contributed by atoms with E-state index >= 15 is 0 Å². The third-order valence-electron chi connectivity index (χ3n) is 4.96. The Morgan fingerprint density at radius 1 is 1.32 bits per heavy atom. The minimum Gasteiger partial charge on any atom is -0.348 e. The van der Waals surface area contributed by atoms with E-state index in [4.69, 9.17) is 4.52 Å². The van der Waals surface area contributed by atoms with Crippen molar-refractivity contribution in [3.63, 3.8) is 0 Å². The lowest BCUT2D eigenvalue weighted by Gasteiger charge is -2.08. The standard InChI is InChI=1S/C18H21N5O2/c1-9-14(11(3)23(4)21-9)8-19-17(24)13-7-15(12-5-6-12)20-18-16(13)10(2)22-25-18/h7,12H,5-6,8H2,1-4H3,(H,19,24). The summed E-state index contributed by atoms with van der Waals surface area (Å²) in [5, 5.41) is 12.1. The number of hydrogen-bond acceptors (Lipinski definition) is 5. The first-order valence-corrected chi connectivity index (χ1v) is 8.50. The van der Waals surface area contributed by atoms with Gasteiger partial charge in [-0.15, -0.1) is 0 Å². The number of nitrogens with zero attached hydrogens (tertiary/aromatic N) is 4. The number of hydrogen-bond donors (Lipinski definition) is 1. The third kappa shape index (κ3) is 2.69. The highest BCUT2D eigenvalue weighted by molar-refractivity contribution is 6.06. The molecular weight excluding hydrogens is 318 g/mol. The van der Waals surface area contributed by atoms with Crippen molar-refractivity contribution < 1.29 is 9.32 Å². The lowest BCUT2D eigenvalue weighted by molar-refractivity contribution is 0.0952. The van der Waals surface area contributed by atoms with Crippen molar-refractivity contribution in [3.8, 4) is 0 Å². The molecule has 3 aromatic rings. The smallest absolute Gasteiger partial charge is 0.259 e. The topological polar surface area (TPSA) is 85.8 Å². The zero-order valence-electron chi connectivity index (χ0n) is 14.9. The summed E-state index contributed by atoms with van der Waals surface area (Å²) in [6.07, 6.45) is 2.22. The minimum absolute atomic E-state index is 0.136. The Morgan fingerprint density at radius 3 is 2.72 bits per heavy atom. The zero-order valence-corrected chi connectivity index (χ0v) is 14.9. The van der Waals surface area contributed by atoms with E-state index in [2.05, 4.69) is 20.6 Å². The van der Waals surface area contributed by atoms with Gasteiger partial charge in [-0.2, -0.15) is 5.10 Å². The summed E-state index contributed by atoms with van der Waals surface area (Å²) in [7, 11) is 1.91. The minimum atomic E-state index is -0.136. The number of fused-ring (bicyclic) bond motifs is 1. The monoisotopic (exact) mass is 339 g/mol. The number of pyridine rings is 1. The van der Waals surface area contributed by atoms with Gasteiger partial charge in [0.1, 0.15) is 0 Å². The molecule has 130 valence electrons. The maximum Gasteiger partial charge on any atom is 0.259 e. The molecule has 0 aliphatic heterocycles. The third-order valence-corrected chi connectivity index (χ3v) is 4.96. The van der Waals surface area contributed by atoms with Crippen LogP contribution in [0.5, 0.6) is 0 Å². The summed E-state index contributed by atoms with van der Waals surface area (Å²) in [5.74, 6) is 0.299. The molecule has 1 saturated carbocycles. The van der Waals surface area contributed by atoms with Crippen LogP contribution in [0, 0.1) is 20.8 Å². The molecule has 0 aromatic carbocycles. The van der Waals surface area contributed by atoms with Gasteiger partial charge in [0.15, 0.2) is 0 Å². The normalized spacial score (nSPS) is 14.2. The highest BCUT2D eigenvalue weighted by Crippen LogP contribution is 2.40. The lowest BCUT2D eigenvalue weighted by atomic mass is 10.1. The summed E-state index contributed by atoms with van der Waals surface area (Å²) in [6.45, 7) is 6.23. The van der Waals surface area contributed by atoms with Gasteiger partial charge in [-0.3, -0.25) is 9.48 Å². The van der Waals surface area contributed by atoms with E-state index in [1.807, 2.05) is 38.6 Å². The summed E-state index contributed by atoms with van der Waals surface area (Å²) in [6, 6.07) is 1.89. The number of nitrogens with one attached hydrogen (secondary N) is 1. The predicted octanol–water partition coefficient (Wildman–Crippen LogP) is 2.69. The van der Waals surface area contributed by atoms with Crippen molar-refractivity contribution in [3.05, 3.63) is 40.0 Å². The Labute approximate surface area is 145 Å². The fourth-order valence-corrected chi connectivity index (χ4v) is 3.22. The Kier molecular flexibility index (Phi) is 3.59. The maximum atomic E-state index is 12.9. The molecule has 3 aromatic heterocycles. The first-order chi connectivity index (χ1) is 12.0. The van der Waals surface area contributed by atoms with E-state index in [-0.39, 0.29) is 5.91 Å². The average Bonchev–Trinajstić information content (AvgIpc) is 3.33. The van der Waals surface area contributed by atoms with Crippen LogP contribution in [-0.2, 0) is 13.6 Å². The largest absolute Gasteiger partial charge is 0.348 e. The molecule has 1 fully saturated rings. The summed E-state index contributed by atoms with van der Waals surface area (Å²) < 4.78 is 7.14. The maximum absolute atomic E-state index is 12.9. The molecule has 0 saturated heterocycles. The van der Waals surface area contributed by atoms with Crippen LogP contribution in [0.1, 0.15) is 57.5 Å². The van der Waals surface area contributed by atoms with Crippen LogP contribution in [0.15, 0.2) is 10.6 Å². The first-order valence-electron chi connectivity index (χ1n) is 8.50. The lowest BCUT2D eigenvalue weighted by Crippen LogP contribution is -2.24. The van der Waals surface area contributed by atoms with E-state index in [1.54, 1.807) is 0 Å². The Morgan fingerprint density at radius 2 is 2.08 bits per heavy atom. The highest BCUT2D eigenvalue weighted by atomic mass is 16.5. The number of aryl methyl sites for hydroxylation is 3. The van der Waals surface area contributed by atoms with Gasteiger partial charge in [-0.25, -0.2) is 4.98 Å². The Bertz CT molecular complexity index is 981. The molecule has 0 spiro atoms. The molecule has 1 amide bonds. The van der Waals surface area contributed by atoms with Gasteiger partial charge >= 0.3 is 0 Å². The summed E-state index contributed by atoms with van der Waals surface area (Å²) in [5.41, 5.74) is 5.67. The zero-order chi connectivity index (χ0) is 17.7. The van der Waals surface area contributed by atoms with Gasteiger partial charge in [-0.05, 0) is 39.7 Å². The second kappa shape index (κ2) is 5.68. The van der Waals surface area contributed by atoms with Crippen LogP contribution in [0.4, 0.5) is 0 Å². The van der Waals surface area contributed by atoms with Gasteiger partial charge < -0.3 is 9.84 Å². The van der Waals surface area contributed by atoms with E-state index in [0.717, 1.165) is 35.5 Å². The van der Waals surface area contributed by atoms with Crippen molar-refractivity contribution in [1.29, 1.82) is 0 Å². The van der Waals surface area contributed by atoms with Crippen LogP contribution in [0.2, 0.25) is 0 Å². The van der Waals surface area contributed by atoms with Gasteiger partial charge in [-0.1, -0.05) is 5.16 Å². The quantitative estimate of drug-likeness (QED) is 0.790. The van der Waals surface area contributed by atoms with Crippen molar-refractivity contribution in [1.82, 2.24) is 25.2 Å². The molecule has 0 unspecified atom stereocenters. The fourth-order valence-electron chi connectivity index (χ4n) is 3.22. The average molecular weight is 339 g/mol. The molecular formula is C18H21N5O2. The second-order valence-corrected chi connectivity index (χ2v) is 6.77. The SMILES string of the molecule is Cc1nn(C)c(C)c1CNC(=O)c1cc(C2CC2)nc2onc(C)c12. The molecule has 1 aliphatic rings. The van der Waals surface area contributed by atoms with Crippen LogP contribution in [0.25, 0.3) is 11.1 Å². The summed E-state index contributed by atoms with van der Waals surface area (Å²) >= 11 is 0. The van der Waals surface area contributed by atoms with E-state index in [1.165, 1.54) is 0 Å². The van der Waals surface area contributed by atoms with Gasteiger partial charge in [0, 0.05) is 36.5 Å². The predicted molar refractivity (Wildman–Crippen MR) is 92.4 cm³/mol. The molecule has 4 rings (SSSR count). The first kappa shape index (κ1) is 15.8. The number of rotatable bonds is 4. The molecule has 7 nitrogen and oxygen atoms in total. The molecule has 1 N–H and O–H groups in total. The number of aromatic nitrogens is 4. The number of amides is 1. The van der Waals surface area contributed by atoms with E-state index in [0.29, 0.717) is 34.8 Å². The van der Waals surface area contributed by atoms with Gasteiger partial charge in [0.05, 0.1) is 22.3 Å². The van der Waals surface area contributed by atoms with Crippen LogP contribution >= 0.6 is 0 Å². The highest BCUT2D eigenvalue weighted by Gasteiger charge is 2.28. The van der Waals surface area contributed by atoms with E-state index in [9.17, 15) is 4.79 Å². The fraction of sp³-hybridized carbons (Fsp3) is 0.444. The molecule has 25 heavy (non-hydrogen) atoms. The molecule has 3 heterocycles. The van der Waals surface area contributed by atoms with Crippen molar-refractivity contribution in [2.45, 2.75) is 46.1 Å². The van der Waals surface area contributed by atoms with E-state index < -0.39 is 0 Å².